The molecule has 0 aliphatic heterocycles. The first-order chi connectivity index (χ1) is 16.3. The van der Waals surface area contributed by atoms with E-state index in [1.807, 2.05) is 11.8 Å². The molecular formula is C29H24NOPS. The number of aromatic nitrogens is 1. The highest BCUT2D eigenvalue weighted by Crippen LogP contribution is 2.42. The number of hydrogen-bond acceptors (Lipinski definition) is 3. The molecule has 0 saturated carbocycles. The summed E-state index contributed by atoms with van der Waals surface area (Å²) < 4.78 is 5.42. The Balaban J connectivity index is 1.86. The number of thioether (sulfide) groups is 1. The standard InChI is InChI=1S/C29H24NOPS/c1-2-33-25-18-26(27-20-31-21-30-27)29(22-12-6-3-7-13-22)28(19-25)32(23-14-8-4-9-15-23)24-16-10-5-11-17-24/h3-21H,2H2,1H3. The normalized spacial score (nSPS) is 11.1. The predicted octanol–water partition coefficient (Wildman–Crippen LogP) is 6.88. The molecule has 5 aromatic rings. The van der Waals surface area contributed by atoms with Gasteiger partial charge in [0, 0.05) is 10.5 Å². The number of hydrogen-bond donors (Lipinski definition) is 0. The minimum absolute atomic E-state index is 0.781. The molecule has 0 unspecified atom stereocenters. The van der Waals surface area contributed by atoms with Crippen molar-refractivity contribution in [1.82, 2.24) is 4.98 Å². The quantitative estimate of drug-likeness (QED) is 0.194. The van der Waals surface area contributed by atoms with E-state index < -0.39 is 7.92 Å². The molecule has 33 heavy (non-hydrogen) atoms. The zero-order valence-electron chi connectivity index (χ0n) is 18.4. The van der Waals surface area contributed by atoms with Crippen molar-refractivity contribution < 1.29 is 4.42 Å². The largest absolute Gasteiger partial charge is 0.451 e. The van der Waals surface area contributed by atoms with Crippen molar-refractivity contribution in [2.75, 3.05) is 5.75 Å². The highest BCUT2D eigenvalue weighted by atomic mass is 32.2. The van der Waals surface area contributed by atoms with Crippen LogP contribution in [0.15, 0.2) is 125 Å². The van der Waals surface area contributed by atoms with Crippen LogP contribution in [0.1, 0.15) is 6.92 Å². The summed E-state index contributed by atoms with van der Waals surface area (Å²) in [6.07, 6.45) is 3.26. The molecule has 1 heterocycles. The summed E-state index contributed by atoms with van der Waals surface area (Å²) in [4.78, 5) is 5.81. The minimum atomic E-state index is -0.781. The van der Waals surface area contributed by atoms with Gasteiger partial charge in [0.25, 0.3) is 0 Å². The van der Waals surface area contributed by atoms with Crippen molar-refractivity contribution in [3.63, 3.8) is 0 Å². The molecule has 0 N–H and O–H groups in total. The third-order valence-electron chi connectivity index (χ3n) is 5.44. The zero-order valence-corrected chi connectivity index (χ0v) is 20.1. The van der Waals surface area contributed by atoms with Gasteiger partial charge < -0.3 is 4.42 Å². The molecule has 4 heteroatoms. The van der Waals surface area contributed by atoms with Crippen LogP contribution in [0.2, 0.25) is 0 Å². The topological polar surface area (TPSA) is 26.0 Å². The molecule has 2 nitrogen and oxygen atoms in total. The Morgan fingerprint density at radius 3 is 1.94 bits per heavy atom. The van der Waals surface area contributed by atoms with Crippen LogP contribution in [-0.2, 0) is 0 Å². The fraction of sp³-hybridized carbons (Fsp3) is 0.0690. The van der Waals surface area contributed by atoms with Crippen LogP contribution in [-0.4, -0.2) is 10.7 Å². The second-order valence-corrected chi connectivity index (χ2v) is 11.1. The zero-order chi connectivity index (χ0) is 22.5. The van der Waals surface area contributed by atoms with Crippen LogP contribution < -0.4 is 15.9 Å². The summed E-state index contributed by atoms with van der Waals surface area (Å²) in [5.41, 5.74) is 4.40. The first-order valence-electron chi connectivity index (χ1n) is 11.0. The van der Waals surface area contributed by atoms with Gasteiger partial charge >= 0.3 is 0 Å². The van der Waals surface area contributed by atoms with Gasteiger partial charge in [-0.1, -0.05) is 97.9 Å². The third kappa shape index (κ3) is 4.66. The van der Waals surface area contributed by atoms with Crippen LogP contribution in [0.5, 0.6) is 0 Å². The Morgan fingerprint density at radius 1 is 0.788 bits per heavy atom. The van der Waals surface area contributed by atoms with Gasteiger partial charge in [0.05, 0.1) is 0 Å². The molecule has 0 spiro atoms. The Kier molecular flexibility index (Phi) is 6.71. The van der Waals surface area contributed by atoms with Crippen LogP contribution >= 0.6 is 19.7 Å². The molecular weight excluding hydrogens is 441 g/mol. The second kappa shape index (κ2) is 10.2. The molecule has 0 radical (unpaired) electrons. The van der Waals surface area contributed by atoms with E-state index in [0.29, 0.717) is 0 Å². The van der Waals surface area contributed by atoms with Gasteiger partial charge in [0.15, 0.2) is 6.39 Å². The van der Waals surface area contributed by atoms with E-state index in [4.69, 9.17) is 4.42 Å². The molecule has 5 rings (SSSR count). The third-order valence-corrected chi connectivity index (χ3v) is 8.76. The molecule has 0 bridgehead atoms. The van der Waals surface area contributed by atoms with Gasteiger partial charge in [-0.25, -0.2) is 4.98 Å². The average Bonchev–Trinajstić information content (AvgIpc) is 3.41. The molecule has 162 valence electrons. The second-order valence-electron chi connectivity index (χ2n) is 7.54. The van der Waals surface area contributed by atoms with Gasteiger partial charge in [-0.2, -0.15) is 0 Å². The molecule has 0 aliphatic carbocycles. The Morgan fingerprint density at radius 2 is 1.39 bits per heavy atom. The Hall–Kier alpha value is -3.13. The molecule has 0 fully saturated rings. The Bertz CT molecular complexity index is 1270. The maximum absolute atomic E-state index is 5.42. The summed E-state index contributed by atoms with van der Waals surface area (Å²) in [7, 11) is -0.781. The van der Waals surface area contributed by atoms with Crippen molar-refractivity contribution in [1.29, 1.82) is 0 Å². The summed E-state index contributed by atoms with van der Waals surface area (Å²) in [5, 5.41) is 4.01. The molecule has 0 amide bonds. The van der Waals surface area contributed by atoms with Crippen molar-refractivity contribution in [2.45, 2.75) is 11.8 Å². The summed E-state index contributed by atoms with van der Waals surface area (Å²) in [6.45, 7) is 2.20. The SMILES string of the molecule is CCSc1cc(-c2cocn2)c(-c2ccccc2)c(P(c2ccccc2)c2ccccc2)c1. The Labute approximate surface area is 200 Å². The smallest absolute Gasteiger partial charge is 0.181 e. The molecule has 4 aromatic carbocycles. The first kappa shape index (κ1) is 21.7. The van der Waals surface area contributed by atoms with E-state index in [9.17, 15) is 0 Å². The van der Waals surface area contributed by atoms with Crippen molar-refractivity contribution in [2.24, 2.45) is 0 Å². The first-order valence-corrected chi connectivity index (χ1v) is 13.3. The molecule has 0 aliphatic rings. The van der Waals surface area contributed by atoms with Crippen molar-refractivity contribution >= 4 is 35.6 Å². The number of rotatable bonds is 7. The summed E-state index contributed by atoms with van der Waals surface area (Å²) in [5.74, 6) is 1.01. The van der Waals surface area contributed by atoms with Crippen LogP contribution in [0.25, 0.3) is 22.4 Å². The fourth-order valence-corrected chi connectivity index (χ4v) is 7.42. The summed E-state index contributed by atoms with van der Waals surface area (Å²) >= 11 is 1.86. The lowest BCUT2D eigenvalue weighted by Gasteiger charge is -2.25. The lowest BCUT2D eigenvalue weighted by molar-refractivity contribution is 0.558. The predicted molar refractivity (Wildman–Crippen MR) is 142 cm³/mol. The van der Waals surface area contributed by atoms with Gasteiger partial charge in [-0.05, 0) is 52.8 Å². The highest BCUT2D eigenvalue weighted by Gasteiger charge is 2.24. The lowest BCUT2D eigenvalue weighted by atomic mass is 9.98. The van der Waals surface area contributed by atoms with Gasteiger partial charge in [-0.3, -0.25) is 0 Å². The van der Waals surface area contributed by atoms with E-state index in [0.717, 1.165) is 17.0 Å². The maximum Gasteiger partial charge on any atom is 0.181 e. The number of oxazole rings is 1. The minimum Gasteiger partial charge on any atom is -0.451 e. The lowest BCUT2D eigenvalue weighted by Crippen LogP contribution is -2.23. The van der Waals surface area contributed by atoms with Crippen LogP contribution in [0.4, 0.5) is 0 Å². The average molecular weight is 466 g/mol. The molecule has 0 saturated heterocycles. The van der Waals surface area contributed by atoms with E-state index in [-0.39, 0.29) is 0 Å². The molecule has 1 aromatic heterocycles. The highest BCUT2D eigenvalue weighted by molar-refractivity contribution is 7.99. The van der Waals surface area contributed by atoms with E-state index in [2.05, 4.69) is 115 Å². The van der Waals surface area contributed by atoms with Crippen molar-refractivity contribution in [3.05, 3.63) is 116 Å². The van der Waals surface area contributed by atoms with Crippen molar-refractivity contribution in [3.8, 4) is 22.4 Å². The number of benzene rings is 4. The van der Waals surface area contributed by atoms with E-state index in [1.54, 1.807) is 6.26 Å². The van der Waals surface area contributed by atoms with Crippen LogP contribution in [0, 0.1) is 0 Å². The van der Waals surface area contributed by atoms with E-state index >= 15 is 0 Å². The van der Waals surface area contributed by atoms with Gasteiger partial charge in [0.1, 0.15) is 12.0 Å². The van der Waals surface area contributed by atoms with Crippen LogP contribution in [0.3, 0.4) is 0 Å². The fourth-order valence-electron chi connectivity index (χ4n) is 4.06. The molecule has 0 atom stereocenters. The number of nitrogens with zero attached hydrogens (tertiary/aromatic N) is 1. The monoisotopic (exact) mass is 465 g/mol. The summed E-state index contributed by atoms with van der Waals surface area (Å²) in [6, 6.07) is 37.1. The van der Waals surface area contributed by atoms with Gasteiger partial charge in [0.2, 0.25) is 0 Å². The van der Waals surface area contributed by atoms with E-state index in [1.165, 1.54) is 38.3 Å². The maximum atomic E-state index is 5.42. The van der Waals surface area contributed by atoms with Gasteiger partial charge in [-0.15, -0.1) is 11.8 Å².